The van der Waals surface area contributed by atoms with Crippen molar-refractivity contribution in [2.75, 3.05) is 12.4 Å². The first-order chi connectivity index (χ1) is 10.3. The summed E-state index contributed by atoms with van der Waals surface area (Å²) in [5, 5.41) is 3.08. The van der Waals surface area contributed by atoms with Crippen molar-refractivity contribution in [3.63, 3.8) is 0 Å². The summed E-state index contributed by atoms with van der Waals surface area (Å²) in [4.78, 5) is 27.2. The van der Waals surface area contributed by atoms with Gasteiger partial charge in [0.15, 0.2) is 17.5 Å². The zero-order chi connectivity index (χ0) is 14.7. The van der Waals surface area contributed by atoms with Crippen LogP contribution in [0.3, 0.4) is 0 Å². The SMILES string of the molecule is COC(=O)C(Nc1ncnc2nc[nH]c12)c1ccccc1. The van der Waals surface area contributed by atoms with Crippen LogP contribution in [0.5, 0.6) is 0 Å². The van der Waals surface area contributed by atoms with E-state index in [2.05, 4.69) is 25.3 Å². The number of aromatic amines is 1. The van der Waals surface area contributed by atoms with E-state index in [1.54, 1.807) is 0 Å². The predicted molar refractivity (Wildman–Crippen MR) is 76.5 cm³/mol. The smallest absolute Gasteiger partial charge is 0.333 e. The van der Waals surface area contributed by atoms with Crippen molar-refractivity contribution >= 4 is 23.0 Å². The molecule has 0 fully saturated rings. The maximum atomic E-state index is 12.0. The molecule has 1 atom stereocenters. The van der Waals surface area contributed by atoms with Crippen LogP contribution in [0.1, 0.15) is 11.6 Å². The van der Waals surface area contributed by atoms with E-state index in [-0.39, 0.29) is 0 Å². The second kappa shape index (κ2) is 5.58. The number of imidazole rings is 1. The van der Waals surface area contributed by atoms with Crippen LogP contribution in [0, 0.1) is 0 Å². The molecule has 0 aliphatic heterocycles. The fraction of sp³-hybridized carbons (Fsp3) is 0.143. The van der Waals surface area contributed by atoms with Crippen molar-refractivity contribution < 1.29 is 9.53 Å². The summed E-state index contributed by atoms with van der Waals surface area (Å²) >= 11 is 0. The third kappa shape index (κ3) is 2.53. The van der Waals surface area contributed by atoms with Gasteiger partial charge in [0.25, 0.3) is 0 Å². The van der Waals surface area contributed by atoms with Crippen LogP contribution in [0.15, 0.2) is 43.0 Å². The van der Waals surface area contributed by atoms with Crippen LogP contribution in [0.2, 0.25) is 0 Å². The summed E-state index contributed by atoms with van der Waals surface area (Å²) in [5.74, 6) is 0.101. The van der Waals surface area contributed by atoms with Gasteiger partial charge >= 0.3 is 5.97 Å². The Kier molecular flexibility index (Phi) is 3.46. The number of anilines is 1. The molecule has 2 heterocycles. The molecule has 106 valence electrons. The molecule has 2 aromatic heterocycles. The lowest BCUT2D eigenvalue weighted by molar-refractivity contribution is -0.141. The number of nitrogens with zero attached hydrogens (tertiary/aromatic N) is 3. The lowest BCUT2D eigenvalue weighted by Crippen LogP contribution is -2.23. The highest BCUT2D eigenvalue weighted by molar-refractivity contribution is 5.86. The second-order valence-electron chi connectivity index (χ2n) is 4.33. The number of fused-ring (bicyclic) bond motifs is 1. The first-order valence-electron chi connectivity index (χ1n) is 6.33. The maximum absolute atomic E-state index is 12.0. The normalized spacial score (nSPS) is 12.0. The molecule has 0 aliphatic rings. The van der Waals surface area contributed by atoms with Crippen LogP contribution in [0.25, 0.3) is 11.2 Å². The van der Waals surface area contributed by atoms with E-state index in [4.69, 9.17) is 4.74 Å². The van der Waals surface area contributed by atoms with Gasteiger partial charge in [0, 0.05) is 0 Å². The number of nitrogens with one attached hydrogen (secondary N) is 2. The Bertz CT molecular complexity index is 756. The zero-order valence-corrected chi connectivity index (χ0v) is 11.3. The fourth-order valence-corrected chi connectivity index (χ4v) is 2.05. The topological polar surface area (TPSA) is 92.8 Å². The molecule has 7 heteroatoms. The van der Waals surface area contributed by atoms with Gasteiger partial charge in [-0.2, -0.15) is 0 Å². The predicted octanol–water partition coefficient (Wildman–Crippen LogP) is 1.68. The van der Waals surface area contributed by atoms with Gasteiger partial charge in [-0.15, -0.1) is 0 Å². The average molecular weight is 283 g/mol. The quantitative estimate of drug-likeness (QED) is 0.708. The van der Waals surface area contributed by atoms with E-state index in [1.165, 1.54) is 19.8 Å². The Labute approximate surface area is 120 Å². The van der Waals surface area contributed by atoms with Gasteiger partial charge < -0.3 is 15.0 Å². The van der Waals surface area contributed by atoms with Crippen molar-refractivity contribution in [1.82, 2.24) is 19.9 Å². The van der Waals surface area contributed by atoms with E-state index in [1.807, 2.05) is 30.3 Å². The second-order valence-corrected chi connectivity index (χ2v) is 4.33. The molecule has 1 unspecified atom stereocenters. The minimum atomic E-state index is -0.655. The van der Waals surface area contributed by atoms with E-state index in [0.717, 1.165) is 5.56 Å². The summed E-state index contributed by atoms with van der Waals surface area (Å²) in [5.41, 5.74) is 1.96. The van der Waals surface area contributed by atoms with Crippen molar-refractivity contribution in [2.45, 2.75) is 6.04 Å². The summed E-state index contributed by atoms with van der Waals surface area (Å²) in [6.07, 6.45) is 2.92. The molecule has 21 heavy (non-hydrogen) atoms. The summed E-state index contributed by atoms with van der Waals surface area (Å²) in [7, 11) is 1.35. The highest BCUT2D eigenvalue weighted by Gasteiger charge is 2.22. The Morgan fingerprint density at radius 2 is 2.05 bits per heavy atom. The highest BCUT2D eigenvalue weighted by atomic mass is 16.5. The molecule has 0 aliphatic carbocycles. The molecule has 0 saturated carbocycles. The standard InChI is InChI=1S/C14H13N5O2/c1-21-14(20)10(9-5-3-2-4-6-9)19-13-11-12(16-7-15-11)17-8-18-13/h2-8,10H,1H3,(H2,15,16,17,18,19). The summed E-state index contributed by atoms with van der Waals surface area (Å²) < 4.78 is 4.86. The molecule has 2 N–H and O–H groups in total. The van der Waals surface area contributed by atoms with Crippen LogP contribution in [-0.2, 0) is 9.53 Å². The Balaban J connectivity index is 1.99. The average Bonchev–Trinajstić information content (AvgIpc) is 3.02. The van der Waals surface area contributed by atoms with E-state index in [0.29, 0.717) is 17.0 Å². The molecule has 1 aromatic carbocycles. The minimum absolute atomic E-state index is 0.396. The van der Waals surface area contributed by atoms with Gasteiger partial charge in [-0.3, -0.25) is 0 Å². The minimum Gasteiger partial charge on any atom is -0.467 e. The number of carbonyl (C=O) groups excluding carboxylic acids is 1. The van der Waals surface area contributed by atoms with E-state index < -0.39 is 12.0 Å². The first kappa shape index (κ1) is 13.0. The number of esters is 1. The van der Waals surface area contributed by atoms with Gasteiger partial charge in [-0.1, -0.05) is 30.3 Å². The van der Waals surface area contributed by atoms with Crippen LogP contribution in [-0.4, -0.2) is 33.0 Å². The van der Waals surface area contributed by atoms with Crippen molar-refractivity contribution in [3.8, 4) is 0 Å². The van der Waals surface area contributed by atoms with Crippen LogP contribution >= 0.6 is 0 Å². The maximum Gasteiger partial charge on any atom is 0.333 e. The van der Waals surface area contributed by atoms with Crippen molar-refractivity contribution in [2.24, 2.45) is 0 Å². The van der Waals surface area contributed by atoms with Gasteiger partial charge in [0.05, 0.1) is 13.4 Å². The summed E-state index contributed by atoms with van der Waals surface area (Å²) in [6.45, 7) is 0. The monoisotopic (exact) mass is 283 g/mol. The molecule has 0 radical (unpaired) electrons. The van der Waals surface area contributed by atoms with Crippen LogP contribution < -0.4 is 5.32 Å². The summed E-state index contributed by atoms with van der Waals surface area (Å²) in [6, 6.07) is 8.64. The van der Waals surface area contributed by atoms with Gasteiger partial charge in [-0.25, -0.2) is 19.7 Å². The van der Waals surface area contributed by atoms with Crippen molar-refractivity contribution in [3.05, 3.63) is 48.5 Å². The molecular weight excluding hydrogens is 270 g/mol. The Morgan fingerprint density at radius 3 is 2.81 bits per heavy atom. The number of rotatable bonds is 4. The van der Waals surface area contributed by atoms with E-state index >= 15 is 0 Å². The highest BCUT2D eigenvalue weighted by Crippen LogP contribution is 2.23. The Morgan fingerprint density at radius 1 is 1.24 bits per heavy atom. The zero-order valence-electron chi connectivity index (χ0n) is 11.3. The molecule has 0 bridgehead atoms. The lowest BCUT2D eigenvalue weighted by Gasteiger charge is -2.17. The first-order valence-corrected chi connectivity index (χ1v) is 6.33. The number of carbonyl (C=O) groups is 1. The van der Waals surface area contributed by atoms with Gasteiger partial charge in [-0.05, 0) is 5.56 Å². The third-order valence-electron chi connectivity index (χ3n) is 3.07. The number of methoxy groups -OCH3 is 1. The van der Waals surface area contributed by atoms with Crippen LogP contribution in [0.4, 0.5) is 5.82 Å². The number of hydrogen-bond donors (Lipinski definition) is 2. The molecule has 0 spiro atoms. The molecule has 3 aromatic rings. The number of ether oxygens (including phenoxy) is 1. The van der Waals surface area contributed by atoms with E-state index in [9.17, 15) is 4.79 Å². The molecule has 0 amide bonds. The number of benzene rings is 1. The third-order valence-corrected chi connectivity index (χ3v) is 3.07. The number of H-pyrrole nitrogens is 1. The Hall–Kier alpha value is -2.96. The molecule has 0 saturated heterocycles. The number of hydrogen-bond acceptors (Lipinski definition) is 6. The largest absolute Gasteiger partial charge is 0.467 e. The lowest BCUT2D eigenvalue weighted by atomic mass is 10.1. The molecular formula is C14H13N5O2. The number of aromatic nitrogens is 4. The molecule has 3 rings (SSSR count). The molecule has 7 nitrogen and oxygen atoms in total. The van der Waals surface area contributed by atoms with Gasteiger partial charge in [0.2, 0.25) is 0 Å². The van der Waals surface area contributed by atoms with Gasteiger partial charge in [0.1, 0.15) is 11.8 Å². The fourth-order valence-electron chi connectivity index (χ4n) is 2.05. The van der Waals surface area contributed by atoms with Crippen molar-refractivity contribution in [1.29, 1.82) is 0 Å².